The minimum absolute atomic E-state index is 0.0402. The molecule has 13 nitrogen and oxygen atoms in total. The van der Waals surface area contributed by atoms with Crippen LogP contribution in [0.15, 0.2) is 24.3 Å². The second-order valence-corrected chi connectivity index (χ2v) is 16.0. The van der Waals surface area contributed by atoms with E-state index in [4.69, 9.17) is 28.4 Å². The van der Waals surface area contributed by atoms with Crippen LogP contribution in [0.5, 0.6) is 0 Å². The Morgan fingerprint density at radius 1 is 1.04 bits per heavy atom. The van der Waals surface area contributed by atoms with Crippen molar-refractivity contribution in [3.05, 3.63) is 29.8 Å². The molecule has 282 valence electrons. The Kier molecular flexibility index (Phi) is 9.38. The maximum Gasteiger partial charge on any atom is 0.340 e. The summed E-state index contributed by atoms with van der Waals surface area (Å²) in [6.07, 6.45) is 0.602. The highest BCUT2D eigenvalue weighted by atomic mass is 16.5. The molecule has 1 aliphatic heterocycles. The number of aliphatic hydroxyl groups is 2. The van der Waals surface area contributed by atoms with Crippen molar-refractivity contribution in [3.8, 4) is 0 Å². The zero-order valence-electron chi connectivity index (χ0n) is 30.8. The van der Waals surface area contributed by atoms with Crippen molar-refractivity contribution in [3.63, 3.8) is 0 Å². The molecule has 0 aromatic heterocycles. The smallest absolute Gasteiger partial charge is 0.340 e. The lowest BCUT2D eigenvalue weighted by atomic mass is 9.42. The van der Waals surface area contributed by atoms with E-state index in [1.165, 1.54) is 7.11 Å². The molecular formula is C38H54N2O11. The molecule has 7 bridgehead atoms. The number of ether oxygens (including phenoxy) is 6. The van der Waals surface area contributed by atoms with Gasteiger partial charge in [0, 0.05) is 76.4 Å². The van der Waals surface area contributed by atoms with Gasteiger partial charge >= 0.3 is 11.9 Å². The number of nitrogens with one attached hydrogen (secondary N) is 1. The van der Waals surface area contributed by atoms with Gasteiger partial charge in [-0.05, 0) is 43.9 Å². The number of likely N-dealkylation sites (N-methyl/N-ethyl adjacent to an activating group) is 1. The number of nitrogens with zero attached hydrogens (tertiary/aromatic N) is 1. The van der Waals surface area contributed by atoms with E-state index < -0.39 is 57.9 Å². The van der Waals surface area contributed by atoms with Crippen molar-refractivity contribution in [1.29, 1.82) is 0 Å². The lowest BCUT2D eigenvalue weighted by Crippen LogP contribution is -2.82. The zero-order valence-corrected chi connectivity index (χ0v) is 30.8. The fourth-order valence-corrected chi connectivity index (χ4v) is 12.8. The summed E-state index contributed by atoms with van der Waals surface area (Å²) in [4.78, 5) is 41.1. The second kappa shape index (κ2) is 13.0. The largest absolute Gasteiger partial charge is 0.469 e. The summed E-state index contributed by atoms with van der Waals surface area (Å²) < 4.78 is 36.1. The zero-order chi connectivity index (χ0) is 36.7. The standard InChI is InChI=1S/C38H54N2O11/c1-8-40-18-35(19-51-33(43)21-11-9-10-12-24(21)39-27(41)15-20(2)32(42)50-7)14-13-26(47-4)37-23-16-22-25(46-3)17-36(44,28(23)29(22)48-5)38(45,34(37)40)31(49-6)30(35)37/h9-12,20,22-23,25-26,28-31,34,44-45H,8,13-19H2,1-7H3,(H,39,41)/t20?,22?,23?,25-,26?,28+,29-,30+,31-,34?,35-,36+,37?,38+/m0/s1. The van der Waals surface area contributed by atoms with Gasteiger partial charge < -0.3 is 44.0 Å². The summed E-state index contributed by atoms with van der Waals surface area (Å²) in [6.45, 7) is 4.85. The molecule has 1 amide bonds. The molecule has 7 rings (SSSR count). The van der Waals surface area contributed by atoms with Crippen LogP contribution < -0.4 is 5.32 Å². The topological polar surface area (TPSA) is 162 Å². The third-order valence-corrected chi connectivity index (χ3v) is 14.3. The van der Waals surface area contributed by atoms with Crippen LogP contribution in [0, 0.1) is 40.4 Å². The number of anilines is 1. The minimum Gasteiger partial charge on any atom is -0.469 e. The third kappa shape index (κ3) is 4.74. The molecule has 5 aliphatic carbocycles. The number of methoxy groups -OCH3 is 5. The molecule has 6 unspecified atom stereocenters. The molecule has 3 N–H and O–H groups in total. The third-order valence-electron chi connectivity index (χ3n) is 14.3. The molecule has 1 aromatic rings. The highest BCUT2D eigenvalue weighted by Crippen LogP contribution is 2.80. The summed E-state index contributed by atoms with van der Waals surface area (Å²) in [5.41, 5.74) is -4.08. The Labute approximate surface area is 299 Å². The number of carbonyl (C=O) groups is 3. The fourth-order valence-electron chi connectivity index (χ4n) is 12.8. The first-order valence-electron chi connectivity index (χ1n) is 18.3. The van der Waals surface area contributed by atoms with E-state index in [2.05, 4.69) is 17.1 Å². The number of fused-ring (bicyclic) bond motifs is 2. The minimum atomic E-state index is -1.70. The van der Waals surface area contributed by atoms with Crippen LogP contribution >= 0.6 is 0 Å². The SMILES string of the molecule is CCN1C[C@]2(COC(=O)c3ccccc3NC(=O)CC(C)C(=O)OC)CCC(OC)C34C5CC6[C@@H](OC)C[C@@](O)([C@H]5[C@H]6OC)[C@](O)(C13)[C@@H](OC)[C@@H]42. The van der Waals surface area contributed by atoms with E-state index in [9.17, 15) is 24.6 Å². The van der Waals surface area contributed by atoms with Gasteiger partial charge in [-0.15, -0.1) is 0 Å². The van der Waals surface area contributed by atoms with Gasteiger partial charge in [0.25, 0.3) is 0 Å². The van der Waals surface area contributed by atoms with E-state index in [1.54, 1.807) is 59.6 Å². The highest BCUT2D eigenvalue weighted by Gasteiger charge is 2.91. The van der Waals surface area contributed by atoms with Crippen molar-refractivity contribution in [1.82, 2.24) is 4.90 Å². The first kappa shape index (κ1) is 36.7. The van der Waals surface area contributed by atoms with Crippen LogP contribution in [0.25, 0.3) is 0 Å². The molecule has 5 saturated carbocycles. The predicted molar refractivity (Wildman–Crippen MR) is 183 cm³/mol. The van der Waals surface area contributed by atoms with Crippen LogP contribution in [0.1, 0.15) is 56.3 Å². The Hall–Kier alpha value is -2.65. The average Bonchev–Trinajstić information content (AvgIpc) is 3.55. The summed E-state index contributed by atoms with van der Waals surface area (Å²) in [5.74, 6) is -2.89. The number of para-hydroxylation sites is 1. The molecule has 14 atom stereocenters. The van der Waals surface area contributed by atoms with E-state index in [-0.39, 0.29) is 72.7 Å². The molecule has 51 heavy (non-hydrogen) atoms. The van der Waals surface area contributed by atoms with Gasteiger partial charge in [0.1, 0.15) is 11.2 Å². The van der Waals surface area contributed by atoms with Gasteiger partial charge in [0.2, 0.25) is 5.91 Å². The maximum absolute atomic E-state index is 14.0. The number of benzene rings is 1. The van der Waals surface area contributed by atoms with Crippen molar-refractivity contribution in [2.75, 3.05) is 60.6 Å². The number of amides is 1. The van der Waals surface area contributed by atoms with Gasteiger partial charge in [-0.25, -0.2) is 4.79 Å². The van der Waals surface area contributed by atoms with Crippen molar-refractivity contribution < 1.29 is 53.0 Å². The lowest BCUT2D eigenvalue weighted by molar-refractivity contribution is -0.320. The first-order chi connectivity index (χ1) is 24.4. The Morgan fingerprint density at radius 2 is 1.78 bits per heavy atom. The number of esters is 2. The molecule has 0 radical (unpaired) electrons. The number of piperidine rings is 1. The Bertz CT molecular complexity index is 1540. The van der Waals surface area contributed by atoms with Crippen LogP contribution in [0.2, 0.25) is 0 Å². The number of likely N-dealkylation sites (tertiary alicyclic amines) is 1. The van der Waals surface area contributed by atoms with Crippen LogP contribution in [0.4, 0.5) is 5.69 Å². The second-order valence-electron chi connectivity index (χ2n) is 16.0. The van der Waals surface area contributed by atoms with E-state index in [0.717, 1.165) is 6.42 Å². The molecular weight excluding hydrogens is 660 g/mol. The summed E-state index contributed by atoms with van der Waals surface area (Å²) in [7, 11) is 7.97. The molecule has 6 aliphatic rings. The van der Waals surface area contributed by atoms with Crippen LogP contribution in [-0.2, 0) is 38.0 Å². The lowest BCUT2D eigenvalue weighted by Gasteiger charge is -2.70. The van der Waals surface area contributed by atoms with Crippen molar-refractivity contribution in [2.24, 2.45) is 40.4 Å². The van der Waals surface area contributed by atoms with E-state index >= 15 is 0 Å². The first-order valence-corrected chi connectivity index (χ1v) is 18.3. The monoisotopic (exact) mass is 714 g/mol. The van der Waals surface area contributed by atoms with Gasteiger partial charge in [-0.2, -0.15) is 0 Å². The molecule has 1 spiro atoms. The van der Waals surface area contributed by atoms with Gasteiger partial charge in [0.15, 0.2) is 0 Å². The van der Waals surface area contributed by atoms with Crippen LogP contribution in [-0.4, -0.2) is 130 Å². The summed E-state index contributed by atoms with van der Waals surface area (Å²) >= 11 is 0. The van der Waals surface area contributed by atoms with Crippen molar-refractivity contribution >= 4 is 23.5 Å². The predicted octanol–water partition coefficient (Wildman–Crippen LogP) is 2.27. The van der Waals surface area contributed by atoms with Gasteiger partial charge in [-0.1, -0.05) is 26.0 Å². The van der Waals surface area contributed by atoms with Gasteiger partial charge in [-0.3, -0.25) is 14.5 Å². The van der Waals surface area contributed by atoms with E-state index in [0.29, 0.717) is 25.9 Å². The molecule has 1 aromatic carbocycles. The fraction of sp³-hybridized carbons (Fsp3) is 0.763. The van der Waals surface area contributed by atoms with Gasteiger partial charge in [0.05, 0.1) is 61.3 Å². The molecule has 1 saturated heterocycles. The quantitative estimate of drug-likeness (QED) is 0.272. The molecule has 1 heterocycles. The summed E-state index contributed by atoms with van der Waals surface area (Å²) in [5, 5.41) is 29.4. The number of hydrogen-bond donors (Lipinski definition) is 3. The number of hydrogen-bond acceptors (Lipinski definition) is 12. The average molecular weight is 715 g/mol. The number of carbonyl (C=O) groups excluding carboxylic acids is 3. The maximum atomic E-state index is 14.0. The van der Waals surface area contributed by atoms with Crippen LogP contribution in [0.3, 0.4) is 0 Å². The van der Waals surface area contributed by atoms with Crippen molar-refractivity contribution in [2.45, 2.75) is 87.6 Å². The molecule has 13 heteroatoms. The highest BCUT2D eigenvalue weighted by molar-refractivity contribution is 6.01. The Balaban J connectivity index is 1.26. The Morgan fingerprint density at radius 3 is 2.43 bits per heavy atom. The van der Waals surface area contributed by atoms with E-state index in [1.807, 2.05) is 0 Å². The number of rotatable bonds is 12. The molecule has 6 fully saturated rings. The normalized spacial score (nSPS) is 43.7. The summed E-state index contributed by atoms with van der Waals surface area (Å²) in [6, 6.07) is 6.18.